The Morgan fingerprint density at radius 3 is 2.42 bits per heavy atom. The van der Waals surface area contributed by atoms with Crippen molar-refractivity contribution in [2.75, 3.05) is 13.1 Å². The Balaban J connectivity index is 1.25. The van der Waals surface area contributed by atoms with Crippen molar-refractivity contribution in [3.05, 3.63) is 103 Å². The number of thioether (sulfide) groups is 1. The van der Waals surface area contributed by atoms with Crippen molar-refractivity contribution in [1.29, 1.82) is 0 Å². The average Bonchev–Trinajstić information content (AvgIpc) is 3.16. The van der Waals surface area contributed by atoms with E-state index in [-0.39, 0.29) is 27.4 Å². The van der Waals surface area contributed by atoms with E-state index >= 15 is 0 Å². The molecule has 0 radical (unpaired) electrons. The zero-order valence-electron chi connectivity index (χ0n) is 20.6. The Morgan fingerprint density at radius 2 is 1.71 bits per heavy atom. The lowest BCUT2D eigenvalue weighted by molar-refractivity contribution is -0.136. The molecular weight excluding hydrogens is 543 g/mol. The van der Waals surface area contributed by atoms with Gasteiger partial charge in [0.15, 0.2) is 5.75 Å². The third-order valence-corrected chi connectivity index (χ3v) is 7.94. The van der Waals surface area contributed by atoms with E-state index in [2.05, 4.69) is 6.07 Å². The number of carbonyl (C=O) groups is 3. The van der Waals surface area contributed by atoms with Gasteiger partial charge in [-0.25, -0.2) is 0 Å². The first-order valence-electron chi connectivity index (χ1n) is 12.1. The summed E-state index contributed by atoms with van der Waals surface area (Å²) < 4.78 is 5.84. The number of imide groups is 1. The maximum atomic E-state index is 13.0. The summed E-state index contributed by atoms with van der Waals surface area (Å²) >= 11 is 13.7. The molecule has 9 heteroatoms. The Bertz CT molecular complexity index is 1430. The SMILES string of the molecule is Cc1ccc(COc2c(Cl)cc(/C=C3\SC(=O)N(CC(=O)N4CCc5ccccc5C4)C3=O)cc2Cl)cc1. The number of hydrogen-bond acceptors (Lipinski definition) is 5. The summed E-state index contributed by atoms with van der Waals surface area (Å²) in [7, 11) is 0. The van der Waals surface area contributed by atoms with E-state index in [1.54, 1.807) is 23.1 Å². The summed E-state index contributed by atoms with van der Waals surface area (Å²) in [5.74, 6) is -0.435. The second-order valence-electron chi connectivity index (χ2n) is 9.19. The highest BCUT2D eigenvalue weighted by Gasteiger charge is 2.37. The third kappa shape index (κ3) is 5.75. The molecule has 3 aromatic rings. The lowest BCUT2D eigenvalue weighted by Crippen LogP contribution is -2.44. The lowest BCUT2D eigenvalue weighted by Gasteiger charge is -2.29. The van der Waals surface area contributed by atoms with Crippen LogP contribution in [0.5, 0.6) is 5.75 Å². The van der Waals surface area contributed by atoms with Crippen LogP contribution < -0.4 is 4.74 Å². The van der Waals surface area contributed by atoms with Crippen LogP contribution in [0.15, 0.2) is 65.6 Å². The van der Waals surface area contributed by atoms with Crippen molar-refractivity contribution in [1.82, 2.24) is 9.80 Å². The number of nitrogens with zero attached hydrogens (tertiary/aromatic N) is 2. The Kier molecular flexibility index (Phi) is 7.79. The smallest absolute Gasteiger partial charge is 0.294 e. The topological polar surface area (TPSA) is 66.9 Å². The van der Waals surface area contributed by atoms with Crippen LogP contribution in [0.3, 0.4) is 0 Å². The van der Waals surface area contributed by atoms with E-state index in [0.717, 1.165) is 39.8 Å². The Morgan fingerprint density at radius 1 is 1.03 bits per heavy atom. The fraction of sp³-hybridized carbons (Fsp3) is 0.207. The van der Waals surface area contributed by atoms with Crippen LogP contribution in [0.2, 0.25) is 10.0 Å². The molecule has 0 spiro atoms. The van der Waals surface area contributed by atoms with Crippen LogP contribution in [0.25, 0.3) is 6.08 Å². The van der Waals surface area contributed by atoms with E-state index in [1.165, 1.54) is 5.56 Å². The zero-order chi connectivity index (χ0) is 26.8. The van der Waals surface area contributed by atoms with Crippen LogP contribution in [0.1, 0.15) is 27.8 Å². The van der Waals surface area contributed by atoms with Crippen LogP contribution in [0.4, 0.5) is 4.79 Å². The number of amides is 3. The molecule has 2 aliphatic rings. The van der Waals surface area contributed by atoms with Crippen molar-refractivity contribution in [2.24, 2.45) is 0 Å². The summed E-state index contributed by atoms with van der Waals surface area (Å²) in [5.41, 5.74) is 4.98. The van der Waals surface area contributed by atoms with Gasteiger partial charge in [-0.15, -0.1) is 0 Å². The van der Waals surface area contributed by atoms with Gasteiger partial charge in [-0.1, -0.05) is 77.3 Å². The minimum Gasteiger partial charge on any atom is -0.486 e. The molecule has 2 aliphatic heterocycles. The largest absolute Gasteiger partial charge is 0.486 e. The second kappa shape index (κ2) is 11.2. The predicted octanol–water partition coefficient (Wildman–Crippen LogP) is 6.50. The van der Waals surface area contributed by atoms with Gasteiger partial charge in [-0.05, 0) is 65.6 Å². The number of halogens is 2. The normalized spacial score (nSPS) is 16.2. The van der Waals surface area contributed by atoms with Gasteiger partial charge >= 0.3 is 0 Å². The minimum atomic E-state index is -0.516. The first kappa shape index (κ1) is 26.4. The zero-order valence-corrected chi connectivity index (χ0v) is 22.9. The Hall–Kier alpha value is -3.26. The molecule has 3 aromatic carbocycles. The number of hydrogen-bond donors (Lipinski definition) is 0. The Labute approximate surface area is 235 Å². The fourth-order valence-electron chi connectivity index (χ4n) is 4.37. The summed E-state index contributed by atoms with van der Waals surface area (Å²) in [6, 6.07) is 19.2. The molecule has 0 saturated carbocycles. The number of fused-ring (bicyclic) bond motifs is 1. The van der Waals surface area contributed by atoms with Crippen molar-refractivity contribution < 1.29 is 19.1 Å². The molecule has 194 valence electrons. The highest BCUT2D eigenvalue weighted by Crippen LogP contribution is 2.38. The van der Waals surface area contributed by atoms with Gasteiger partial charge in [0.25, 0.3) is 11.1 Å². The minimum absolute atomic E-state index is 0.201. The number of carbonyl (C=O) groups excluding carboxylic acids is 3. The maximum absolute atomic E-state index is 13.0. The van der Waals surface area contributed by atoms with Crippen LogP contribution in [-0.4, -0.2) is 39.9 Å². The third-order valence-electron chi connectivity index (χ3n) is 6.47. The standard InChI is InChI=1S/C29H24Cl2N2O4S/c1-18-6-8-19(9-7-18)17-37-27-23(30)12-20(13-24(27)31)14-25-28(35)33(29(36)38-25)16-26(34)32-11-10-21-4-2-3-5-22(21)15-32/h2-9,12-14H,10-11,15-17H2,1H3/b25-14-. The molecule has 1 saturated heterocycles. The van der Waals surface area contributed by atoms with E-state index in [0.29, 0.717) is 31.0 Å². The van der Waals surface area contributed by atoms with Crippen molar-refractivity contribution in [3.63, 3.8) is 0 Å². The van der Waals surface area contributed by atoms with Gasteiger partial charge in [0.1, 0.15) is 13.2 Å². The molecule has 0 aliphatic carbocycles. The summed E-state index contributed by atoms with van der Waals surface area (Å²) in [6.45, 7) is 3.04. The molecule has 6 nitrogen and oxygen atoms in total. The van der Waals surface area contributed by atoms with Crippen molar-refractivity contribution >= 4 is 58.1 Å². The first-order valence-corrected chi connectivity index (χ1v) is 13.6. The lowest BCUT2D eigenvalue weighted by atomic mass is 10.00. The molecule has 5 rings (SSSR count). The molecular formula is C29H24Cl2N2O4S. The molecule has 3 amide bonds. The van der Waals surface area contributed by atoms with Gasteiger partial charge in [-0.2, -0.15) is 0 Å². The molecule has 2 heterocycles. The quantitative estimate of drug-likeness (QED) is 0.318. The van der Waals surface area contributed by atoms with Crippen LogP contribution in [0, 0.1) is 6.92 Å². The predicted molar refractivity (Wildman–Crippen MR) is 150 cm³/mol. The second-order valence-corrected chi connectivity index (χ2v) is 11.0. The van der Waals surface area contributed by atoms with E-state index in [9.17, 15) is 14.4 Å². The number of ether oxygens (including phenoxy) is 1. The fourth-order valence-corrected chi connectivity index (χ4v) is 5.82. The first-order chi connectivity index (χ1) is 18.3. The summed E-state index contributed by atoms with van der Waals surface area (Å²) in [6.07, 6.45) is 2.30. The monoisotopic (exact) mass is 566 g/mol. The molecule has 0 aromatic heterocycles. The highest BCUT2D eigenvalue weighted by molar-refractivity contribution is 8.18. The van der Waals surface area contributed by atoms with Crippen LogP contribution >= 0.6 is 35.0 Å². The molecule has 0 bridgehead atoms. The molecule has 0 unspecified atom stereocenters. The highest BCUT2D eigenvalue weighted by atomic mass is 35.5. The van der Waals surface area contributed by atoms with Gasteiger partial charge in [0, 0.05) is 13.1 Å². The maximum Gasteiger partial charge on any atom is 0.294 e. The van der Waals surface area contributed by atoms with Crippen molar-refractivity contribution in [3.8, 4) is 5.75 Å². The average molecular weight is 567 g/mol. The van der Waals surface area contributed by atoms with Gasteiger partial charge < -0.3 is 9.64 Å². The number of benzene rings is 3. The van der Waals surface area contributed by atoms with E-state index in [4.69, 9.17) is 27.9 Å². The summed E-state index contributed by atoms with van der Waals surface area (Å²) in [4.78, 5) is 41.4. The van der Waals surface area contributed by atoms with E-state index in [1.807, 2.05) is 49.4 Å². The van der Waals surface area contributed by atoms with Crippen LogP contribution in [-0.2, 0) is 29.2 Å². The summed E-state index contributed by atoms with van der Waals surface area (Å²) in [5, 5.41) is 0.0913. The van der Waals surface area contributed by atoms with Crippen molar-refractivity contribution in [2.45, 2.75) is 26.5 Å². The van der Waals surface area contributed by atoms with Gasteiger partial charge in [0.2, 0.25) is 5.91 Å². The molecule has 1 fully saturated rings. The molecule has 0 N–H and O–H groups in total. The van der Waals surface area contributed by atoms with Gasteiger partial charge in [0.05, 0.1) is 15.0 Å². The number of aryl methyl sites for hydroxylation is 1. The molecule has 38 heavy (non-hydrogen) atoms. The number of rotatable bonds is 6. The van der Waals surface area contributed by atoms with Gasteiger partial charge in [-0.3, -0.25) is 19.3 Å². The van der Waals surface area contributed by atoms with E-state index < -0.39 is 11.1 Å². The molecule has 0 atom stereocenters.